The van der Waals surface area contributed by atoms with Gasteiger partial charge in [-0.2, -0.15) is 9.65 Å². The predicted molar refractivity (Wildman–Crippen MR) is 104 cm³/mol. The predicted octanol–water partition coefficient (Wildman–Crippen LogP) is 3.09. The molecule has 0 atom stereocenters. The average molecular weight is 505 g/mol. The maximum atomic E-state index is 13.4. The van der Waals surface area contributed by atoms with Crippen molar-refractivity contribution in [3.63, 3.8) is 0 Å². The highest BCUT2D eigenvalue weighted by Crippen LogP contribution is 2.31. The van der Waals surface area contributed by atoms with Crippen LogP contribution in [-0.2, 0) is 6.54 Å². The van der Waals surface area contributed by atoms with Crippen LogP contribution in [0.1, 0.15) is 16.7 Å². The van der Waals surface area contributed by atoms with Gasteiger partial charge < -0.3 is 26.8 Å². The molecule has 0 amide bonds. The van der Waals surface area contributed by atoms with Crippen LogP contribution in [-0.4, -0.2) is 16.1 Å². The highest BCUT2D eigenvalue weighted by molar-refractivity contribution is 5.98. The normalized spacial score (nSPS) is 9.81. The van der Waals surface area contributed by atoms with Gasteiger partial charge in [0.15, 0.2) is 40.7 Å². The van der Waals surface area contributed by atoms with Gasteiger partial charge in [0.05, 0.1) is 5.56 Å². The van der Waals surface area contributed by atoms with E-state index >= 15 is 0 Å². The van der Waals surface area contributed by atoms with Crippen molar-refractivity contribution in [1.29, 1.82) is 10.7 Å². The number of anilines is 1. The van der Waals surface area contributed by atoms with E-state index in [0.717, 1.165) is 0 Å². The number of amidine groups is 1. The SMILES string of the molecule is Cl.Cl.N#Cc1c(F)c(F)c2onc(N)c2c1F.N=C(N)c1c(O)c(F)c(CN)c(F)c1F. The number of nitrogens with two attached hydrogens (primary N) is 3. The molecule has 174 valence electrons. The molecule has 0 unspecified atom stereocenters. The molecule has 8 N–H and O–H groups in total. The lowest BCUT2D eigenvalue weighted by atomic mass is 10.1. The number of phenolic OH excluding ortho intramolecular Hbond substituents is 1. The second-order valence-corrected chi connectivity index (χ2v) is 5.46. The second-order valence-electron chi connectivity index (χ2n) is 5.46. The summed E-state index contributed by atoms with van der Waals surface area (Å²) in [6, 6.07) is 1.20. The highest BCUT2D eigenvalue weighted by atomic mass is 35.5. The minimum absolute atomic E-state index is 0. The fraction of sp³-hybridized carbons (Fsp3) is 0.0625. The van der Waals surface area contributed by atoms with Crippen LogP contribution in [0.2, 0.25) is 0 Å². The first-order valence-corrected chi connectivity index (χ1v) is 7.53. The van der Waals surface area contributed by atoms with Crippen LogP contribution in [0.25, 0.3) is 11.0 Å². The van der Waals surface area contributed by atoms with Crippen molar-refractivity contribution >= 4 is 47.4 Å². The zero-order valence-corrected chi connectivity index (χ0v) is 16.9. The van der Waals surface area contributed by atoms with Crippen LogP contribution in [0.15, 0.2) is 4.52 Å². The molecule has 0 spiro atoms. The molecule has 3 rings (SSSR count). The number of hydrogen-bond acceptors (Lipinski definition) is 7. The Kier molecular flexibility index (Phi) is 9.61. The lowest BCUT2D eigenvalue weighted by Gasteiger charge is -2.10. The molecule has 0 radical (unpaired) electrons. The molecule has 0 aliphatic carbocycles. The maximum absolute atomic E-state index is 13.4. The van der Waals surface area contributed by atoms with Crippen molar-refractivity contribution in [3.8, 4) is 11.8 Å². The third-order valence-electron chi connectivity index (χ3n) is 3.74. The summed E-state index contributed by atoms with van der Waals surface area (Å²) in [6.07, 6.45) is 0. The van der Waals surface area contributed by atoms with Crippen LogP contribution in [0, 0.1) is 51.6 Å². The molecule has 1 heterocycles. The number of phenols is 1. The number of nitriles is 1. The van der Waals surface area contributed by atoms with Gasteiger partial charge in [0.25, 0.3) is 0 Å². The third-order valence-corrected chi connectivity index (χ3v) is 3.74. The molecule has 3 aromatic rings. The number of nitrogen functional groups attached to an aromatic ring is 2. The summed E-state index contributed by atoms with van der Waals surface area (Å²) in [5.41, 5.74) is 11.5. The molecule has 2 aromatic carbocycles. The van der Waals surface area contributed by atoms with Gasteiger partial charge >= 0.3 is 0 Å². The molecule has 16 heteroatoms. The lowest BCUT2D eigenvalue weighted by molar-refractivity contribution is 0.403. The topological polar surface area (TPSA) is 172 Å². The highest BCUT2D eigenvalue weighted by Gasteiger charge is 2.26. The summed E-state index contributed by atoms with van der Waals surface area (Å²) in [5, 5.41) is 27.0. The molecule has 0 saturated carbocycles. The van der Waals surface area contributed by atoms with E-state index in [1.807, 2.05) is 0 Å². The van der Waals surface area contributed by atoms with Crippen LogP contribution in [0.5, 0.6) is 5.75 Å². The van der Waals surface area contributed by atoms with Gasteiger partial charge in [0.2, 0.25) is 11.4 Å². The average Bonchev–Trinajstić information content (AvgIpc) is 3.08. The zero-order valence-electron chi connectivity index (χ0n) is 15.3. The molecule has 0 bridgehead atoms. The Morgan fingerprint density at radius 3 is 2.03 bits per heavy atom. The van der Waals surface area contributed by atoms with Gasteiger partial charge in [-0.15, -0.1) is 24.8 Å². The molecule has 1 aromatic heterocycles. The molecule has 0 aliphatic heterocycles. The first-order chi connectivity index (χ1) is 14.0. The molecule has 0 fully saturated rings. The summed E-state index contributed by atoms with van der Waals surface area (Å²) < 4.78 is 83.3. The molecular formula is C16H12Cl2F6N6O2. The summed E-state index contributed by atoms with van der Waals surface area (Å²) in [4.78, 5) is 0. The molecule has 32 heavy (non-hydrogen) atoms. The molecular weight excluding hydrogens is 493 g/mol. The maximum Gasteiger partial charge on any atom is 0.210 e. The summed E-state index contributed by atoms with van der Waals surface area (Å²) in [7, 11) is 0. The zero-order chi connectivity index (χ0) is 22.9. The van der Waals surface area contributed by atoms with Gasteiger partial charge in [-0.3, -0.25) is 5.41 Å². The number of benzene rings is 2. The smallest absolute Gasteiger partial charge is 0.210 e. The largest absolute Gasteiger partial charge is 0.504 e. The van der Waals surface area contributed by atoms with Gasteiger partial charge in [-0.1, -0.05) is 5.16 Å². The van der Waals surface area contributed by atoms with Crippen LogP contribution < -0.4 is 17.2 Å². The molecule has 0 saturated heterocycles. The number of hydrogen-bond donors (Lipinski definition) is 5. The van der Waals surface area contributed by atoms with Crippen LogP contribution >= 0.6 is 24.8 Å². The van der Waals surface area contributed by atoms with Crippen LogP contribution in [0.3, 0.4) is 0 Å². The van der Waals surface area contributed by atoms with Crippen molar-refractivity contribution in [2.45, 2.75) is 6.54 Å². The Morgan fingerprint density at radius 1 is 1.00 bits per heavy atom. The van der Waals surface area contributed by atoms with E-state index in [9.17, 15) is 26.3 Å². The lowest BCUT2D eigenvalue weighted by Crippen LogP contribution is -2.17. The number of rotatable bonds is 2. The van der Waals surface area contributed by atoms with E-state index in [-0.39, 0.29) is 24.8 Å². The fourth-order valence-electron chi connectivity index (χ4n) is 2.31. The summed E-state index contributed by atoms with van der Waals surface area (Å²) in [5.74, 6) is -11.5. The Morgan fingerprint density at radius 2 is 1.56 bits per heavy atom. The number of nitrogens with zero attached hydrogens (tertiary/aromatic N) is 2. The minimum atomic E-state index is -1.61. The Labute approximate surface area is 186 Å². The fourth-order valence-corrected chi connectivity index (χ4v) is 2.31. The number of aromatic hydroxyl groups is 1. The Hall–Kier alpha value is -3.41. The van der Waals surface area contributed by atoms with E-state index in [2.05, 4.69) is 9.68 Å². The molecule has 0 aliphatic rings. The first kappa shape index (κ1) is 28.6. The van der Waals surface area contributed by atoms with Gasteiger partial charge in [0.1, 0.15) is 22.9 Å². The van der Waals surface area contributed by atoms with E-state index in [4.69, 9.17) is 33.0 Å². The van der Waals surface area contributed by atoms with E-state index in [1.54, 1.807) is 0 Å². The summed E-state index contributed by atoms with van der Waals surface area (Å²) >= 11 is 0. The quantitative estimate of drug-likeness (QED) is 0.154. The van der Waals surface area contributed by atoms with Crippen molar-refractivity contribution in [2.24, 2.45) is 11.5 Å². The van der Waals surface area contributed by atoms with E-state index in [0.29, 0.717) is 0 Å². The minimum Gasteiger partial charge on any atom is -0.504 e. The monoisotopic (exact) mass is 504 g/mol. The second kappa shape index (κ2) is 10.8. The van der Waals surface area contributed by atoms with Gasteiger partial charge in [0, 0.05) is 12.1 Å². The van der Waals surface area contributed by atoms with Gasteiger partial charge in [-0.05, 0) is 0 Å². The first-order valence-electron chi connectivity index (χ1n) is 7.53. The van der Waals surface area contributed by atoms with E-state index in [1.165, 1.54) is 6.07 Å². The third kappa shape index (κ3) is 4.59. The number of nitrogens with one attached hydrogen (secondary N) is 1. The van der Waals surface area contributed by atoms with Crippen molar-refractivity contribution < 1.29 is 36.0 Å². The standard InChI is InChI=1S/C8H2F3N3O.C8H8F3N3O.2ClH/c9-4-2(1-12)5(10)6(11)7-3(4)8(13)14-15-7;9-4-2(1-12)5(10)7(15)3(6(4)11)8(13)14;;/h(H2,13,14);15H,1,12H2,(H3,13,14);2*1H. The van der Waals surface area contributed by atoms with Crippen molar-refractivity contribution in [3.05, 3.63) is 51.6 Å². The van der Waals surface area contributed by atoms with Crippen LogP contribution in [0.4, 0.5) is 32.2 Å². The Balaban J connectivity index is 0.000000565. The molecule has 8 nitrogen and oxygen atoms in total. The van der Waals surface area contributed by atoms with Crippen molar-refractivity contribution in [2.75, 3.05) is 5.73 Å². The number of aromatic nitrogens is 1. The Bertz CT molecular complexity index is 1200. The number of fused-ring (bicyclic) bond motifs is 1. The van der Waals surface area contributed by atoms with E-state index < -0.39 is 86.5 Å². The van der Waals surface area contributed by atoms with Crippen molar-refractivity contribution in [1.82, 2.24) is 5.16 Å². The number of halogens is 8. The van der Waals surface area contributed by atoms with Gasteiger partial charge in [-0.25, -0.2) is 22.0 Å². The summed E-state index contributed by atoms with van der Waals surface area (Å²) in [6.45, 7) is -0.611.